The van der Waals surface area contributed by atoms with Gasteiger partial charge in [-0.05, 0) is 64.3 Å². The Hall–Kier alpha value is -2.86. The lowest BCUT2D eigenvalue weighted by atomic mass is 9.84. The zero-order valence-electron chi connectivity index (χ0n) is 27.3. The smallest absolute Gasteiger partial charge is 0.249 e. The van der Waals surface area contributed by atoms with E-state index in [0.717, 1.165) is 32.2 Å². The van der Waals surface area contributed by atoms with E-state index in [9.17, 15) is 19.2 Å². The maximum Gasteiger partial charge on any atom is 0.249 e. The minimum absolute atomic E-state index is 0.00197. The largest absolute Gasteiger partial charge is 0.342 e. The highest BCUT2D eigenvalue weighted by atomic mass is 32.1. The highest BCUT2D eigenvalue weighted by Gasteiger charge is 2.40. The molecule has 0 aliphatic carbocycles. The lowest BCUT2D eigenvalue weighted by Crippen LogP contribution is -2.60. The maximum absolute atomic E-state index is 14.1. The molecule has 12 heteroatoms. The molecule has 2 aliphatic heterocycles. The molecule has 4 atom stereocenters. The predicted octanol–water partition coefficient (Wildman–Crippen LogP) is 3.69. The summed E-state index contributed by atoms with van der Waals surface area (Å²) < 4.78 is 0. The molecular weight excluding hydrogens is 566 g/mol. The van der Waals surface area contributed by atoms with E-state index in [1.807, 2.05) is 40.7 Å². The Morgan fingerprint density at radius 2 is 1.70 bits per heavy atom. The number of piperidine rings is 1. The van der Waals surface area contributed by atoms with Crippen molar-refractivity contribution in [3.63, 3.8) is 0 Å². The van der Waals surface area contributed by atoms with Gasteiger partial charge in [0.25, 0.3) is 0 Å². The lowest BCUT2D eigenvalue weighted by molar-refractivity contribution is -0.142. The van der Waals surface area contributed by atoms with Crippen molar-refractivity contribution in [2.24, 2.45) is 11.3 Å². The summed E-state index contributed by atoms with van der Waals surface area (Å²) in [6, 6.07) is -1.74. The molecule has 0 saturated carbocycles. The molecule has 1 aromatic heterocycles. The van der Waals surface area contributed by atoms with Gasteiger partial charge in [0, 0.05) is 25.2 Å². The molecule has 3 unspecified atom stereocenters. The van der Waals surface area contributed by atoms with E-state index in [4.69, 9.17) is 0 Å². The van der Waals surface area contributed by atoms with E-state index < -0.39 is 23.5 Å². The molecule has 2 aliphatic rings. The van der Waals surface area contributed by atoms with Gasteiger partial charge in [-0.25, -0.2) is 0 Å². The highest BCUT2D eigenvalue weighted by Crippen LogP contribution is 2.27. The number of anilines is 1. The molecule has 0 spiro atoms. The Labute approximate surface area is 260 Å². The molecule has 43 heavy (non-hydrogen) atoms. The SMILES string of the molecule is C/C(=C\C(C(C)C)N(C)C(=O)[C@@H](NC(=O)C1CCCCN1C(C)C)C(C)(C)C)C(=O)N1CCCC1C(=O)Nc1nncs1. The van der Waals surface area contributed by atoms with Crippen LogP contribution < -0.4 is 10.6 Å². The van der Waals surface area contributed by atoms with Crippen LogP contribution in [0.1, 0.15) is 87.5 Å². The van der Waals surface area contributed by atoms with E-state index >= 15 is 0 Å². The van der Waals surface area contributed by atoms with Gasteiger partial charge in [-0.3, -0.25) is 29.4 Å². The number of hydrogen-bond donors (Lipinski definition) is 2. The number of carbonyl (C=O) groups is 4. The lowest BCUT2D eigenvalue weighted by Gasteiger charge is -2.41. The van der Waals surface area contributed by atoms with Gasteiger partial charge < -0.3 is 15.1 Å². The number of rotatable bonds is 10. The third-order valence-corrected chi connectivity index (χ3v) is 9.16. The Balaban J connectivity index is 1.77. The van der Waals surface area contributed by atoms with Crippen LogP contribution in [-0.4, -0.2) is 98.9 Å². The van der Waals surface area contributed by atoms with Crippen LogP contribution in [0.25, 0.3) is 0 Å². The molecule has 4 amide bonds. The summed E-state index contributed by atoms with van der Waals surface area (Å²) in [5.41, 5.74) is 1.48. The molecule has 2 saturated heterocycles. The molecule has 1 aromatic rings. The zero-order valence-corrected chi connectivity index (χ0v) is 28.2. The first-order chi connectivity index (χ1) is 20.1. The second-order valence-electron chi connectivity index (χ2n) is 13.6. The summed E-state index contributed by atoms with van der Waals surface area (Å²) in [4.78, 5) is 59.7. The van der Waals surface area contributed by atoms with E-state index in [1.165, 1.54) is 16.8 Å². The monoisotopic (exact) mass is 617 g/mol. The van der Waals surface area contributed by atoms with Crippen molar-refractivity contribution >= 4 is 40.1 Å². The highest BCUT2D eigenvalue weighted by molar-refractivity contribution is 7.13. The Kier molecular flexibility index (Phi) is 11.9. The first-order valence-corrected chi connectivity index (χ1v) is 16.4. The first kappa shape index (κ1) is 34.6. The van der Waals surface area contributed by atoms with Crippen LogP contribution in [0.15, 0.2) is 17.2 Å². The van der Waals surface area contributed by atoms with Crippen molar-refractivity contribution in [1.82, 2.24) is 30.2 Å². The number of amides is 4. The standard InChI is InChI=1S/C31H51N7O4S/c1-19(2)24(17-21(5)28(41)38-16-12-14-23(38)27(40)34-30-35-32-18-43-30)36(9)29(42)25(31(6,7)8)33-26(39)22-13-10-11-15-37(22)20(3)4/h17-20,22-25H,10-16H2,1-9H3,(H,33,39)(H,34,35,40)/b21-17+/t22?,23?,24?,25-/m1/s1. The number of hydrogen-bond acceptors (Lipinski definition) is 8. The van der Waals surface area contributed by atoms with Gasteiger partial charge in [-0.2, -0.15) is 0 Å². The van der Waals surface area contributed by atoms with Crippen molar-refractivity contribution in [1.29, 1.82) is 0 Å². The van der Waals surface area contributed by atoms with E-state index in [1.54, 1.807) is 23.8 Å². The van der Waals surface area contributed by atoms with Crippen molar-refractivity contribution in [3.8, 4) is 0 Å². The predicted molar refractivity (Wildman–Crippen MR) is 169 cm³/mol. The topological polar surface area (TPSA) is 128 Å². The van der Waals surface area contributed by atoms with E-state index in [0.29, 0.717) is 23.7 Å². The molecule has 2 N–H and O–H groups in total. The number of likely N-dealkylation sites (N-methyl/N-ethyl adjacent to an activating group) is 1. The number of aromatic nitrogens is 2. The first-order valence-electron chi connectivity index (χ1n) is 15.5. The third-order valence-electron chi connectivity index (χ3n) is 8.55. The van der Waals surface area contributed by atoms with Crippen molar-refractivity contribution < 1.29 is 19.2 Å². The van der Waals surface area contributed by atoms with Gasteiger partial charge in [0.05, 0.1) is 12.1 Å². The van der Waals surface area contributed by atoms with Gasteiger partial charge in [0.2, 0.25) is 28.8 Å². The number of nitrogens with zero attached hydrogens (tertiary/aromatic N) is 5. The molecule has 2 fully saturated rings. The fourth-order valence-corrected chi connectivity index (χ4v) is 6.54. The van der Waals surface area contributed by atoms with Crippen molar-refractivity contribution in [3.05, 3.63) is 17.2 Å². The number of carbonyl (C=O) groups excluding carboxylic acids is 4. The number of likely N-dealkylation sites (tertiary alicyclic amines) is 2. The third kappa shape index (κ3) is 8.62. The summed E-state index contributed by atoms with van der Waals surface area (Å²) in [6.07, 6.45) is 5.95. The van der Waals surface area contributed by atoms with Crippen molar-refractivity contribution in [2.45, 2.75) is 118 Å². The second kappa shape index (κ2) is 14.7. The van der Waals surface area contributed by atoms with Crippen molar-refractivity contribution in [2.75, 3.05) is 25.5 Å². The van der Waals surface area contributed by atoms with Crippen LogP contribution in [0.4, 0.5) is 5.13 Å². The zero-order chi connectivity index (χ0) is 32.1. The Morgan fingerprint density at radius 1 is 1.02 bits per heavy atom. The molecule has 0 bridgehead atoms. The van der Waals surface area contributed by atoms with Gasteiger partial charge in [0.1, 0.15) is 17.6 Å². The summed E-state index contributed by atoms with van der Waals surface area (Å²) in [6.45, 7) is 17.2. The Morgan fingerprint density at radius 3 is 2.28 bits per heavy atom. The minimum atomic E-state index is -0.737. The van der Waals surface area contributed by atoms with Crippen LogP contribution in [0.2, 0.25) is 0 Å². The summed E-state index contributed by atoms with van der Waals surface area (Å²) >= 11 is 1.23. The van der Waals surface area contributed by atoms with E-state index in [-0.39, 0.29) is 41.6 Å². The molecule has 0 radical (unpaired) electrons. The quantitative estimate of drug-likeness (QED) is 0.384. The second-order valence-corrected chi connectivity index (χ2v) is 14.4. The van der Waals surface area contributed by atoms with Crippen LogP contribution in [-0.2, 0) is 19.2 Å². The average Bonchev–Trinajstić information content (AvgIpc) is 3.65. The summed E-state index contributed by atoms with van der Waals surface area (Å²) in [5.74, 6) is -0.810. The van der Waals surface area contributed by atoms with E-state index in [2.05, 4.69) is 39.6 Å². The molecule has 3 heterocycles. The molecule has 11 nitrogen and oxygen atoms in total. The van der Waals surface area contributed by atoms with Crippen LogP contribution >= 0.6 is 11.3 Å². The summed E-state index contributed by atoms with van der Waals surface area (Å²) in [7, 11) is 1.74. The molecular formula is C31H51N7O4S. The Bertz CT molecular complexity index is 1160. The van der Waals surface area contributed by atoms with Gasteiger partial charge in [0.15, 0.2) is 0 Å². The van der Waals surface area contributed by atoms with Gasteiger partial charge in [-0.1, -0.05) is 58.5 Å². The fraction of sp³-hybridized carbons (Fsp3) is 0.742. The maximum atomic E-state index is 14.1. The van der Waals surface area contributed by atoms with Gasteiger partial charge in [-0.15, -0.1) is 10.2 Å². The normalized spacial score (nSPS) is 21.6. The molecule has 3 rings (SSSR count). The van der Waals surface area contributed by atoms with Crippen LogP contribution in [0.5, 0.6) is 0 Å². The minimum Gasteiger partial charge on any atom is -0.342 e. The summed E-state index contributed by atoms with van der Waals surface area (Å²) in [5, 5.41) is 13.9. The number of nitrogens with one attached hydrogen (secondary N) is 2. The average molecular weight is 618 g/mol. The van der Waals surface area contributed by atoms with Crippen LogP contribution in [0.3, 0.4) is 0 Å². The molecule has 0 aromatic carbocycles. The fourth-order valence-electron chi connectivity index (χ4n) is 6.10. The van der Waals surface area contributed by atoms with Gasteiger partial charge >= 0.3 is 0 Å². The molecule has 240 valence electrons. The van der Waals surface area contributed by atoms with Crippen LogP contribution in [0, 0.1) is 11.3 Å².